The lowest BCUT2D eigenvalue weighted by atomic mass is 10.1. The van der Waals surface area contributed by atoms with Crippen molar-refractivity contribution in [3.63, 3.8) is 0 Å². The third-order valence-electron chi connectivity index (χ3n) is 3.14. The van der Waals surface area contributed by atoms with Crippen LogP contribution in [0.1, 0.15) is 26.2 Å². The molecule has 1 amide bonds. The molecule has 3 nitrogen and oxygen atoms in total. The van der Waals surface area contributed by atoms with Gasteiger partial charge in [-0.25, -0.2) is 0 Å². The van der Waals surface area contributed by atoms with E-state index in [0.29, 0.717) is 10.7 Å². The molecule has 1 heterocycles. The summed E-state index contributed by atoms with van der Waals surface area (Å²) in [6, 6.07) is 5.61. The van der Waals surface area contributed by atoms with Crippen LogP contribution in [0.15, 0.2) is 18.2 Å². The quantitative estimate of drug-likeness (QED) is 0.841. The lowest BCUT2D eigenvalue weighted by molar-refractivity contribution is -0.111. The largest absolute Gasteiger partial charge is 0.370 e. The Balaban J connectivity index is 2.11. The Labute approximate surface area is 118 Å². The van der Waals surface area contributed by atoms with E-state index in [-0.39, 0.29) is 5.91 Å². The van der Waals surface area contributed by atoms with Crippen LogP contribution in [0.2, 0.25) is 5.02 Å². The molecule has 0 bridgehead atoms. The van der Waals surface area contributed by atoms with Gasteiger partial charge in [0, 0.05) is 18.8 Å². The fourth-order valence-electron chi connectivity index (χ4n) is 2.25. The first kappa shape index (κ1) is 13.8. The van der Waals surface area contributed by atoms with Crippen LogP contribution in [0.3, 0.4) is 0 Å². The minimum absolute atomic E-state index is 0.315. The van der Waals surface area contributed by atoms with Crippen LogP contribution in [-0.4, -0.2) is 19.0 Å². The molecule has 1 N–H and O–H groups in total. The van der Waals surface area contributed by atoms with E-state index in [1.54, 1.807) is 13.0 Å². The maximum absolute atomic E-state index is 11.4. The van der Waals surface area contributed by atoms with Crippen molar-refractivity contribution in [1.82, 2.24) is 0 Å². The SMILES string of the molecule is CC#CC(=O)Nc1ccc(N2CCCCC2)c(Cl)c1. The number of amides is 1. The molecular weight excluding hydrogens is 260 g/mol. The number of rotatable bonds is 2. The van der Waals surface area contributed by atoms with Crippen LogP contribution in [0.4, 0.5) is 11.4 Å². The van der Waals surface area contributed by atoms with Crippen LogP contribution in [-0.2, 0) is 4.79 Å². The van der Waals surface area contributed by atoms with E-state index in [9.17, 15) is 4.79 Å². The molecular formula is C15H17ClN2O. The number of halogens is 1. The monoisotopic (exact) mass is 276 g/mol. The molecule has 0 aliphatic carbocycles. The Morgan fingerprint density at radius 1 is 1.32 bits per heavy atom. The average molecular weight is 277 g/mol. The van der Waals surface area contributed by atoms with Crippen LogP contribution in [0, 0.1) is 11.8 Å². The molecule has 1 aromatic carbocycles. The van der Waals surface area contributed by atoms with Gasteiger partial charge in [-0.3, -0.25) is 4.79 Å². The normalized spacial score (nSPS) is 14.5. The molecule has 1 aromatic rings. The lowest BCUT2D eigenvalue weighted by Crippen LogP contribution is -2.29. The molecule has 0 saturated carbocycles. The van der Waals surface area contributed by atoms with E-state index in [4.69, 9.17) is 11.6 Å². The Kier molecular flexibility index (Phi) is 4.70. The first-order valence-electron chi connectivity index (χ1n) is 6.49. The Morgan fingerprint density at radius 3 is 2.68 bits per heavy atom. The highest BCUT2D eigenvalue weighted by Crippen LogP contribution is 2.30. The Bertz CT molecular complexity index is 525. The first-order valence-corrected chi connectivity index (χ1v) is 6.87. The highest BCUT2D eigenvalue weighted by atomic mass is 35.5. The molecule has 1 aliphatic rings. The van der Waals surface area contributed by atoms with Gasteiger partial charge >= 0.3 is 0 Å². The third-order valence-corrected chi connectivity index (χ3v) is 3.44. The third kappa shape index (κ3) is 3.65. The number of nitrogens with one attached hydrogen (secondary N) is 1. The summed E-state index contributed by atoms with van der Waals surface area (Å²) in [5.41, 5.74) is 1.72. The average Bonchev–Trinajstić information content (AvgIpc) is 2.40. The zero-order valence-electron chi connectivity index (χ0n) is 11.0. The number of hydrogen-bond acceptors (Lipinski definition) is 2. The Morgan fingerprint density at radius 2 is 2.05 bits per heavy atom. The standard InChI is InChI=1S/C15H17ClN2O/c1-2-6-15(19)17-12-7-8-14(13(16)11-12)18-9-4-3-5-10-18/h7-8,11H,3-5,9-10H2,1H3,(H,17,19). The summed E-state index contributed by atoms with van der Waals surface area (Å²) in [7, 11) is 0. The van der Waals surface area contributed by atoms with E-state index in [2.05, 4.69) is 22.1 Å². The van der Waals surface area contributed by atoms with Crippen LogP contribution < -0.4 is 10.2 Å². The van der Waals surface area contributed by atoms with Crippen molar-refractivity contribution in [2.24, 2.45) is 0 Å². The van der Waals surface area contributed by atoms with E-state index < -0.39 is 0 Å². The highest BCUT2D eigenvalue weighted by Gasteiger charge is 2.14. The molecule has 2 rings (SSSR count). The molecule has 0 aromatic heterocycles. The van der Waals surface area contributed by atoms with Crippen LogP contribution in [0.25, 0.3) is 0 Å². The van der Waals surface area contributed by atoms with Gasteiger partial charge in [0.2, 0.25) is 0 Å². The predicted octanol–water partition coefficient (Wildman–Crippen LogP) is 3.29. The zero-order valence-corrected chi connectivity index (χ0v) is 11.8. The topological polar surface area (TPSA) is 32.3 Å². The second-order valence-corrected chi connectivity index (χ2v) is 4.95. The van der Waals surface area contributed by atoms with Crippen molar-refractivity contribution in [3.8, 4) is 11.8 Å². The van der Waals surface area contributed by atoms with Crippen molar-refractivity contribution >= 4 is 28.9 Å². The van der Waals surface area contributed by atoms with Crippen LogP contribution in [0.5, 0.6) is 0 Å². The summed E-state index contributed by atoms with van der Waals surface area (Å²) in [5, 5.41) is 3.37. The zero-order chi connectivity index (χ0) is 13.7. The summed E-state index contributed by atoms with van der Waals surface area (Å²) < 4.78 is 0. The van der Waals surface area contributed by atoms with Gasteiger partial charge in [-0.1, -0.05) is 17.5 Å². The minimum atomic E-state index is -0.315. The number of carbonyl (C=O) groups excluding carboxylic acids is 1. The van der Waals surface area contributed by atoms with Crippen LogP contribution >= 0.6 is 11.6 Å². The summed E-state index contributed by atoms with van der Waals surface area (Å²) >= 11 is 6.29. The maximum atomic E-state index is 11.4. The van der Waals surface area contributed by atoms with Crippen molar-refractivity contribution in [2.45, 2.75) is 26.2 Å². The number of anilines is 2. The molecule has 100 valence electrons. The van der Waals surface area contributed by atoms with E-state index in [0.717, 1.165) is 18.8 Å². The van der Waals surface area contributed by atoms with E-state index >= 15 is 0 Å². The predicted molar refractivity (Wildman–Crippen MR) is 79.6 cm³/mol. The van der Waals surface area contributed by atoms with Gasteiger partial charge in [-0.05, 0) is 50.3 Å². The Hall–Kier alpha value is -1.66. The number of carbonyl (C=O) groups is 1. The number of hydrogen-bond donors (Lipinski definition) is 1. The van der Waals surface area contributed by atoms with Gasteiger partial charge in [0.15, 0.2) is 0 Å². The van der Waals surface area contributed by atoms with Gasteiger partial charge in [-0.2, -0.15) is 0 Å². The minimum Gasteiger partial charge on any atom is -0.370 e. The molecule has 1 saturated heterocycles. The summed E-state index contributed by atoms with van der Waals surface area (Å²) in [6.07, 6.45) is 3.71. The molecule has 1 fully saturated rings. The molecule has 0 spiro atoms. The molecule has 0 unspecified atom stereocenters. The van der Waals surface area contributed by atoms with Gasteiger partial charge < -0.3 is 10.2 Å². The smallest absolute Gasteiger partial charge is 0.300 e. The van der Waals surface area contributed by atoms with E-state index in [1.807, 2.05) is 12.1 Å². The molecule has 19 heavy (non-hydrogen) atoms. The summed E-state index contributed by atoms with van der Waals surface area (Å²) in [6.45, 7) is 3.73. The first-order chi connectivity index (χ1) is 9.20. The van der Waals surface area contributed by atoms with Gasteiger partial charge in [0.25, 0.3) is 5.91 Å². The van der Waals surface area contributed by atoms with Crippen molar-refractivity contribution < 1.29 is 4.79 Å². The molecule has 4 heteroatoms. The van der Waals surface area contributed by atoms with Gasteiger partial charge in [-0.15, -0.1) is 0 Å². The van der Waals surface area contributed by atoms with Crippen molar-refractivity contribution in [1.29, 1.82) is 0 Å². The van der Waals surface area contributed by atoms with Crippen molar-refractivity contribution in [3.05, 3.63) is 23.2 Å². The number of benzene rings is 1. The van der Waals surface area contributed by atoms with E-state index in [1.165, 1.54) is 19.3 Å². The van der Waals surface area contributed by atoms with Gasteiger partial charge in [0.1, 0.15) is 0 Å². The number of piperidine rings is 1. The second-order valence-electron chi connectivity index (χ2n) is 4.54. The number of nitrogens with zero attached hydrogens (tertiary/aromatic N) is 1. The molecule has 0 atom stereocenters. The second kappa shape index (κ2) is 6.49. The summed E-state index contributed by atoms with van der Waals surface area (Å²) in [5.74, 6) is 4.68. The fourth-order valence-corrected chi connectivity index (χ4v) is 2.55. The summed E-state index contributed by atoms with van der Waals surface area (Å²) in [4.78, 5) is 13.7. The fraction of sp³-hybridized carbons (Fsp3) is 0.400. The maximum Gasteiger partial charge on any atom is 0.300 e. The lowest BCUT2D eigenvalue weighted by Gasteiger charge is -2.29. The highest BCUT2D eigenvalue weighted by molar-refractivity contribution is 6.33. The van der Waals surface area contributed by atoms with Gasteiger partial charge in [0.05, 0.1) is 10.7 Å². The van der Waals surface area contributed by atoms with Crippen molar-refractivity contribution in [2.75, 3.05) is 23.3 Å². The molecule has 1 aliphatic heterocycles. The molecule has 0 radical (unpaired) electrons.